The maximum atomic E-state index is 13.9. The minimum absolute atomic E-state index is 0.0337. The molecule has 1 atom stereocenters. The molecule has 0 radical (unpaired) electrons. The monoisotopic (exact) mass is 481 g/mol. The van der Waals surface area contributed by atoms with E-state index in [1.54, 1.807) is 17.7 Å². The predicted molar refractivity (Wildman–Crippen MR) is 136 cm³/mol. The molecule has 1 N–H and O–H groups in total. The van der Waals surface area contributed by atoms with E-state index in [1.807, 2.05) is 55.5 Å². The minimum atomic E-state index is -0.355. The summed E-state index contributed by atoms with van der Waals surface area (Å²) in [6, 6.07) is 16.6. The van der Waals surface area contributed by atoms with Gasteiger partial charge in [0.15, 0.2) is 0 Å². The summed E-state index contributed by atoms with van der Waals surface area (Å²) in [6.45, 7) is 8.91. The molecule has 180 valence electrons. The van der Waals surface area contributed by atoms with Gasteiger partial charge in [-0.1, -0.05) is 42.8 Å². The van der Waals surface area contributed by atoms with E-state index < -0.39 is 0 Å². The fraction of sp³-hybridized carbons (Fsp3) is 0.370. The van der Waals surface area contributed by atoms with E-state index in [9.17, 15) is 9.90 Å². The number of nitrogens with zero attached hydrogens (tertiary/aromatic N) is 3. The average Bonchev–Trinajstić information content (AvgIpc) is 2.85. The number of benzene rings is 2. The average molecular weight is 482 g/mol. The van der Waals surface area contributed by atoms with Crippen LogP contribution in [0.15, 0.2) is 59.4 Å². The topological polar surface area (TPSA) is 57.9 Å². The minimum Gasteiger partial charge on any atom is -0.507 e. The maximum Gasteiger partial charge on any atom is 0.259 e. The number of pyridine rings is 1. The van der Waals surface area contributed by atoms with Crippen LogP contribution in [0.5, 0.6) is 11.5 Å². The number of hydrogen-bond acceptors (Lipinski definition) is 5. The molecule has 1 aromatic heterocycles. The molecule has 2 heterocycles. The van der Waals surface area contributed by atoms with Crippen LogP contribution in [0.4, 0.5) is 0 Å². The Morgan fingerprint density at radius 1 is 1.03 bits per heavy atom. The van der Waals surface area contributed by atoms with Crippen molar-refractivity contribution in [1.29, 1.82) is 0 Å². The summed E-state index contributed by atoms with van der Waals surface area (Å²) in [7, 11) is 1.63. The third-order valence-electron chi connectivity index (χ3n) is 6.70. The van der Waals surface area contributed by atoms with Crippen LogP contribution in [0.2, 0.25) is 5.02 Å². The van der Waals surface area contributed by atoms with Crippen LogP contribution in [-0.2, 0) is 6.54 Å². The molecule has 6 nitrogen and oxygen atoms in total. The number of likely N-dealkylation sites (N-methyl/N-ethyl adjacent to an activating group) is 1. The zero-order valence-electron chi connectivity index (χ0n) is 20.0. The molecule has 7 heteroatoms. The number of hydrogen-bond donors (Lipinski definition) is 1. The van der Waals surface area contributed by atoms with E-state index in [-0.39, 0.29) is 17.4 Å². The van der Waals surface area contributed by atoms with Crippen molar-refractivity contribution in [1.82, 2.24) is 14.4 Å². The molecule has 0 spiro atoms. The molecule has 4 rings (SSSR count). The highest BCUT2D eigenvalue weighted by Crippen LogP contribution is 2.34. The van der Waals surface area contributed by atoms with Crippen molar-refractivity contribution in [3.8, 4) is 11.5 Å². The van der Waals surface area contributed by atoms with Crippen LogP contribution in [0.1, 0.15) is 35.3 Å². The van der Waals surface area contributed by atoms with Crippen molar-refractivity contribution >= 4 is 11.6 Å². The van der Waals surface area contributed by atoms with E-state index >= 15 is 0 Å². The Bertz CT molecular complexity index is 1170. The van der Waals surface area contributed by atoms with Gasteiger partial charge < -0.3 is 19.3 Å². The normalized spacial score (nSPS) is 15.9. The summed E-state index contributed by atoms with van der Waals surface area (Å²) in [4.78, 5) is 18.6. The Morgan fingerprint density at radius 3 is 2.26 bits per heavy atom. The third kappa shape index (κ3) is 5.14. The van der Waals surface area contributed by atoms with Gasteiger partial charge in [-0.2, -0.15) is 0 Å². The lowest BCUT2D eigenvalue weighted by atomic mass is 9.96. The predicted octanol–water partition coefficient (Wildman–Crippen LogP) is 4.30. The van der Waals surface area contributed by atoms with Gasteiger partial charge in [0.05, 0.1) is 25.3 Å². The van der Waals surface area contributed by atoms with Crippen molar-refractivity contribution in [3.05, 3.63) is 92.4 Å². The van der Waals surface area contributed by atoms with Gasteiger partial charge in [-0.25, -0.2) is 0 Å². The number of aryl methyl sites for hydroxylation is 1. The van der Waals surface area contributed by atoms with E-state index in [2.05, 4.69) is 16.7 Å². The second-order valence-corrected chi connectivity index (χ2v) is 9.18. The first kappa shape index (κ1) is 24.3. The number of aromatic hydroxyl groups is 1. The van der Waals surface area contributed by atoms with Gasteiger partial charge in [-0.15, -0.1) is 0 Å². The first-order valence-corrected chi connectivity index (χ1v) is 12.1. The van der Waals surface area contributed by atoms with Crippen LogP contribution in [-0.4, -0.2) is 59.3 Å². The van der Waals surface area contributed by atoms with Crippen molar-refractivity contribution < 1.29 is 9.84 Å². The van der Waals surface area contributed by atoms with Gasteiger partial charge in [0.1, 0.15) is 11.5 Å². The SMILES string of the molecule is CCN1CCN(C(c2ccc(Cl)cc2)c2c(O)cc(C)n(Cc3ccc(OC)cc3)c2=O)CC1. The van der Waals surface area contributed by atoms with Gasteiger partial charge in [-0.05, 0) is 54.9 Å². The van der Waals surface area contributed by atoms with Gasteiger partial charge in [0.2, 0.25) is 0 Å². The number of piperazine rings is 1. The summed E-state index contributed by atoms with van der Waals surface area (Å²) in [5.41, 5.74) is 2.88. The lowest BCUT2D eigenvalue weighted by molar-refractivity contribution is 0.111. The fourth-order valence-electron chi connectivity index (χ4n) is 4.68. The molecule has 34 heavy (non-hydrogen) atoms. The van der Waals surface area contributed by atoms with Crippen molar-refractivity contribution in [3.63, 3.8) is 0 Å². The molecule has 0 bridgehead atoms. The molecule has 0 saturated carbocycles. The summed E-state index contributed by atoms with van der Waals surface area (Å²) >= 11 is 6.16. The molecular weight excluding hydrogens is 450 g/mol. The summed E-state index contributed by atoms with van der Waals surface area (Å²) in [6.07, 6.45) is 0. The molecule has 1 aliphatic heterocycles. The Hall–Kier alpha value is -2.80. The van der Waals surface area contributed by atoms with Gasteiger partial charge in [-0.3, -0.25) is 9.69 Å². The summed E-state index contributed by atoms with van der Waals surface area (Å²) in [5, 5.41) is 11.7. The molecule has 2 aromatic carbocycles. The van der Waals surface area contributed by atoms with Crippen LogP contribution in [0, 0.1) is 6.92 Å². The van der Waals surface area contributed by atoms with Crippen LogP contribution in [0.3, 0.4) is 0 Å². The van der Waals surface area contributed by atoms with Crippen LogP contribution < -0.4 is 10.3 Å². The number of methoxy groups -OCH3 is 1. The highest BCUT2D eigenvalue weighted by Gasteiger charge is 2.31. The highest BCUT2D eigenvalue weighted by atomic mass is 35.5. The maximum absolute atomic E-state index is 13.9. The Labute approximate surface area is 206 Å². The number of aromatic nitrogens is 1. The molecule has 1 fully saturated rings. The molecule has 3 aromatic rings. The van der Waals surface area contributed by atoms with Crippen LogP contribution in [0.25, 0.3) is 0 Å². The zero-order chi connectivity index (χ0) is 24.2. The van der Waals surface area contributed by atoms with E-state index in [0.29, 0.717) is 22.8 Å². The molecule has 1 aliphatic rings. The molecule has 0 amide bonds. The first-order valence-electron chi connectivity index (χ1n) is 11.7. The Balaban J connectivity index is 1.78. The molecular formula is C27H32ClN3O3. The Kier molecular flexibility index (Phi) is 7.61. The number of rotatable bonds is 7. The van der Waals surface area contributed by atoms with E-state index in [1.165, 1.54) is 0 Å². The smallest absolute Gasteiger partial charge is 0.259 e. The standard InChI is InChI=1S/C27H32ClN3O3/c1-4-29-13-15-30(16-14-29)26(21-7-9-22(28)10-8-21)25-24(32)17-19(2)31(27(25)33)18-20-5-11-23(34-3)12-6-20/h5-12,17,26,32H,4,13-16,18H2,1-3H3. The van der Waals surface area contributed by atoms with E-state index in [4.69, 9.17) is 16.3 Å². The quantitative estimate of drug-likeness (QED) is 0.545. The largest absolute Gasteiger partial charge is 0.507 e. The first-order chi connectivity index (χ1) is 16.4. The van der Waals surface area contributed by atoms with Crippen molar-refractivity contribution in [2.24, 2.45) is 0 Å². The lowest BCUT2D eigenvalue weighted by Crippen LogP contribution is -2.48. The zero-order valence-corrected chi connectivity index (χ0v) is 20.8. The second-order valence-electron chi connectivity index (χ2n) is 8.75. The second kappa shape index (κ2) is 10.6. The molecule has 0 aliphatic carbocycles. The fourth-order valence-corrected chi connectivity index (χ4v) is 4.80. The number of halogens is 1. The van der Waals surface area contributed by atoms with Crippen LogP contribution >= 0.6 is 11.6 Å². The van der Waals surface area contributed by atoms with Gasteiger partial charge in [0.25, 0.3) is 5.56 Å². The lowest BCUT2D eigenvalue weighted by Gasteiger charge is -2.39. The summed E-state index contributed by atoms with van der Waals surface area (Å²) < 4.78 is 6.99. The van der Waals surface area contributed by atoms with Gasteiger partial charge >= 0.3 is 0 Å². The highest BCUT2D eigenvalue weighted by molar-refractivity contribution is 6.30. The number of ether oxygens (including phenoxy) is 1. The Morgan fingerprint density at radius 2 is 1.68 bits per heavy atom. The van der Waals surface area contributed by atoms with Crippen molar-refractivity contribution in [2.75, 3.05) is 39.8 Å². The third-order valence-corrected chi connectivity index (χ3v) is 6.95. The van der Waals surface area contributed by atoms with E-state index in [0.717, 1.165) is 49.6 Å². The molecule has 1 unspecified atom stereocenters. The molecule has 1 saturated heterocycles. The summed E-state index contributed by atoms with van der Waals surface area (Å²) in [5.74, 6) is 0.805. The van der Waals surface area contributed by atoms with Gasteiger partial charge in [0, 0.05) is 36.9 Å². The van der Waals surface area contributed by atoms with Crippen molar-refractivity contribution in [2.45, 2.75) is 26.4 Å².